The van der Waals surface area contributed by atoms with Crippen LogP contribution >= 0.6 is 0 Å². The van der Waals surface area contributed by atoms with E-state index in [1.54, 1.807) is 24.8 Å². The summed E-state index contributed by atoms with van der Waals surface area (Å²) in [5, 5.41) is 6.56. The summed E-state index contributed by atoms with van der Waals surface area (Å²) in [5.41, 5.74) is 1.85. The van der Waals surface area contributed by atoms with E-state index in [1.807, 2.05) is 12.1 Å². The van der Waals surface area contributed by atoms with Gasteiger partial charge in [-0.3, -0.25) is 14.9 Å². The molecule has 0 aromatic carbocycles. The largest absolute Gasteiger partial charge is 0.459 e. The molecular weight excluding hydrogens is 206 g/mol. The van der Waals surface area contributed by atoms with Crippen LogP contribution in [0.3, 0.4) is 0 Å². The number of ether oxygens (including phenoxy) is 1. The predicted molar refractivity (Wildman–Crippen MR) is 56.4 cm³/mol. The van der Waals surface area contributed by atoms with Crippen molar-refractivity contribution in [2.75, 3.05) is 0 Å². The Morgan fingerprint density at radius 2 is 2.44 bits per heavy atom. The Morgan fingerprint density at radius 1 is 1.50 bits per heavy atom. The van der Waals surface area contributed by atoms with Crippen molar-refractivity contribution in [3.05, 3.63) is 48.0 Å². The molecule has 0 amide bonds. The molecule has 0 radical (unpaired) electrons. The molecule has 0 saturated heterocycles. The van der Waals surface area contributed by atoms with Gasteiger partial charge in [-0.15, -0.1) is 0 Å². The molecule has 2 rings (SSSR count). The molecule has 0 aliphatic heterocycles. The first kappa shape index (κ1) is 10.4. The zero-order chi connectivity index (χ0) is 11.2. The fourth-order valence-electron chi connectivity index (χ4n) is 1.48. The van der Waals surface area contributed by atoms with E-state index < -0.39 is 0 Å². The number of carbonyl (C=O) groups excluding carboxylic acids is 1. The highest BCUT2D eigenvalue weighted by atomic mass is 16.5. The highest BCUT2D eigenvalue weighted by molar-refractivity contribution is 5.38. The Morgan fingerprint density at radius 3 is 3.06 bits per heavy atom. The highest BCUT2D eigenvalue weighted by Crippen LogP contribution is 2.20. The third-order valence-electron chi connectivity index (χ3n) is 2.25. The van der Waals surface area contributed by atoms with E-state index in [0.29, 0.717) is 12.9 Å². The van der Waals surface area contributed by atoms with Gasteiger partial charge in [-0.2, -0.15) is 5.10 Å². The van der Waals surface area contributed by atoms with Crippen LogP contribution in [-0.4, -0.2) is 21.7 Å². The summed E-state index contributed by atoms with van der Waals surface area (Å²) in [6, 6.07) is 3.69. The van der Waals surface area contributed by atoms with Crippen LogP contribution in [0.4, 0.5) is 0 Å². The maximum Gasteiger partial charge on any atom is 0.293 e. The van der Waals surface area contributed by atoms with Crippen molar-refractivity contribution in [3.63, 3.8) is 0 Å². The molecule has 16 heavy (non-hydrogen) atoms. The molecule has 1 unspecified atom stereocenters. The summed E-state index contributed by atoms with van der Waals surface area (Å²) in [4.78, 5) is 14.4. The van der Waals surface area contributed by atoms with Crippen LogP contribution in [0.1, 0.15) is 17.2 Å². The summed E-state index contributed by atoms with van der Waals surface area (Å²) in [6.07, 6.45) is 7.12. The predicted octanol–water partition coefficient (Wildman–Crippen LogP) is 1.26. The Hall–Kier alpha value is -2.17. The molecule has 82 valence electrons. The zero-order valence-corrected chi connectivity index (χ0v) is 8.54. The van der Waals surface area contributed by atoms with Crippen molar-refractivity contribution >= 4 is 6.47 Å². The number of H-pyrrole nitrogens is 1. The van der Waals surface area contributed by atoms with Gasteiger partial charge in [0, 0.05) is 30.6 Å². The second-order valence-electron chi connectivity index (χ2n) is 3.32. The number of carbonyl (C=O) groups is 1. The average molecular weight is 217 g/mol. The van der Waals surface area contributed by atoms with Gasteiger partial charge in [-0.25, -0.2) is 0 Å². The van der Waals surface area contributed by atoms with Gasteiger partial charge in [0.05, 0.1) is 6.20 Å². The molecule has 0 saturated carbocycles. The van der Waals surface area contributed by atoms with E-state index in [-0.39, 0.29) is 6.10 Å². The lowest BCUT2D eigenvalue weighted by atomic mass is 10.1. The lowest BCUT2D eigenvalue weighted by Gasteiger charge is -2.13. The zero-order valence-electron chi connectivity index (χ0n) is 8.54. The average Bonchev–Trinajstić information content (AvgIpc) is 2.83. The summed E-state index contributed by atoms with van der Waals surface area (Å²) in [6.45, 7) is 0.456. The van der Waals surface area contributed by atoms with Crippen LogP contribution < -0.4 is 0 Å². The van der Waals surface area contributed by atoms with E-state index in [2.05, 4.69) is 15.2 Å². The standard InChI is InChI=1S/C11H11N3O2/c15-8-16-11(4-9-5-13-14-6-9)10-2-1-3-12-7-10/h1-3,5-8,11H,4H2,(H,13,14). The summed E-state index contributed by atoms with van der Waals surface area (Å²) >= 11 is 0. The van der Waals surface area contributed by atoms with Gasteiger partial charge in [-0.1, -0.05) is 6.07 Å². The molecule has 1 atom stereocenters. The van der Waals surface area contributed by atoms with E-state index >= 15 is 0 Å². The number of rotatable bonds is 5. The Kier molecular flexibility index (Phi) is 3.28. The van der Waals surface area contributed by atoms with Gasteiger partial charge in [0.15, 0.2) is 0 Å². The van der Waals surface area contributed by atoms with Crippen molar-refractivity contribution in [2.45, 2.75) is 12.5 Å². The van der Waals surface area contributed by atoms with Gasteiger partial charge in [0.25, 0.3) is 6.47 Å². The Bertz CT molecular complexity index is 428. The Labute approximate surface area is 92.5 Å². The molecule has 2 aromatic rings. The Balaban J connectivity index is 2.14. The second-order valence-corrected chi connectivity index (χ2v) is 3.32. The molecule has 0 aliphatic carbocycles. The lowest BCUT2D eigenvalue weighted by molar-refractivity contribution is -0.133. The smallest absolute Gasteiger partial charge is 0.293 e. The first-order valence-corrected chi connectivity index (χ1v) is 4.87. The molecular formula is C11H11N3O2. The molecule has 2 heterocycles. The number of pyridine rings is 1. The van der Waals surface area contributed by atoms with E-state index in [4.69, 9.17) is 4.74 Å². The van der Waals surface area contributed by atoms with Gasteiger partial charge < -0.3 is 4.74 Å². The number of hydrogen-bond acceptors (Lipinski definition) is 4. The molecule has 2 aromatic heterocycles. The first-order chi connectivity index (χ1) is 7.90. The maximum atomic E-state index is 10.5. The number of aromatic nitrogens is 3. The lowest BCUT2D eigenvalue weighted by Crippen LogP contribution is -2.06. The van der Waals surface area contributed by atoms with Gasteiger partial charge in [-0.05, 0) is 11.6 Å². The van der Waals surface area contributed by atoms with Gasteiger partial charge in [0.2, 0.25) is 0 Å². The number of aromatic amines is 1. The molecule has 5 heteroatoms. The minimum absolute atomic E-state index is 0.316. The number of nitrogens with zero attached hydrogens (tertiary/aromatic N) is 2. The van der Waals surface area contributed by atoms with Crippen molar-refractivity contribution in [2.24, 2.45) is 0 Å². The fraction of sp³-hybridized carbons (Fsp3) is 0.182. The van der Waals surface area contributed by atoms with Crippen LogP contribution in [0.25, 0.3) is 0 Å². The highest BCUT2D eigenvalue weighted by Gasteiger charge is 2.13. The summed E-state index contributed by atoms with van der Waals surface area (Å²) in [5.74, 6) is 0. The molecule has 0 aliphatic rings. The van der Waals surface area contributed by atoms with Crippen molar-refractivity contribution in [1.82, 2.24) is 15.2 Å². The van der Waals surface area contributed by atoms with Crippen molar-refractivity contribution in [1.29, 1.82) is 0 Å². The first-order valence-electron chi connectivity index (χ1n) is 4.87. The SMILES string of the molecule is O=COC(Cc1cn[nH]c1)c1cccnc1. The molecule has 0 fully saturated rings. The third kappa shape index (κ3) is 2.44. The molecule has 0 spiro atoms. The minimum atomic E-state index is -0.316. The number of nitrogens with one attached hydrogen (secondary N) is 1. The summed E-state index contributed by atoms with van der Waals surface area (Å²) < 4.78 is 5.04. The van der Waals surface area contributed by atoms with Crippen LogP contribution in [0.15, 0.2) is 36.9 Å². The topological polar surface area (TPSA) is 67.9 Å². The molecule has 0 bridgehead atoms. The third-order valence-corrected chi connectivity index (χ3v) is 2.25. The van der Waals surface area contributed by atoms with E-state index in [0.717, 1.165) is 11.1 Å². The minimum Gasteiger partial charge on any atom is -0.459 e. The van der Waals surface area contributed by atoms with E-state index in [9.17, 15) is 4.79 Å². The van der Waals surface area contributed by atoms with Crippen molar-refractivity contribution in [3.8, 4) is 0 Å². The molecule has 1 N–H and O–H groups in total. The van der Waals surface area contributed by atoms with Crippen LogP contribution in [-0.2, 0) is 16.0 Å². The fourth-order valence-corrected chi connectivity index (χ4v) is 1.48. The monoisotopic (exact) mass is 217 g/mol. The van der Waals surface area contributed by atoms with E-state index in [1.165, 1.54) is 0 Å². The maximum absolute atomic E-state index is 10.5. The second kappa shape index (κ2) is 5.06. The van der Waals surface area contributed by atoms with Crippen molar-refractivity contribution < 1.29 is 9.53 Å². The van der Waals surface area contributed by atoms with Crippen LogP contribution in [0.5, 0.6) is 0 Å². The quantitative estimate of drug-likeness (QED) is 0.765. The summed E-state index contributed by atoms with van der Waals surface area (Å²) in [7, 11) is 0. The van der Waals surface area contributed by atoms with Gasteiger partial charge >= 0.3 is 0 Å². The molecule has 5 nitrogen and oxygen atoms in total. The van der Waals surface area contributed by atoms with Gasteiger partial charge in [0.1, 0.15) is 6.10 Å². The normalized spacial score (nSPS) is 12.0. The van der Waals surface area contributed by atoms with Crippen LogP contribution in [0, 0.1) is 0 Å². The van der Waals surface area contributed by atoms with Crippen LogP contribution in [0.2, 0.25) is 0 Å². The number of hydrogen-bond donors (Lipinski definition) is 1.